The summed E-state index contributed by atoms with van der Waals surface area (Å²) in [5.41, 5.74) is 3.56. The van der Waals surface area contributed by atoms with E-state index in [-0.39, 0.29) is 29.3 Å². The number of hydrogen-bond donors (Lipinski definition) is 2. The van der Waals surface area contributed by atoms with Gasteiger partial charge in [0.2, 0.25) is 11.0 Å². The van der Waals surface area contributed by atoms with E-state index >= 15 is 0 Å². The monoisotopic (exact) mass is 568 g/mol. The number of amides is 3. The third-order valence-electron chi connectivity index (χ3n) is 5.67. The minimum atomic E-state index is -1.22. The molecule has 1 heterocycles. The Morgan fingerprint density at radius 1 is 1.03 bits per heavy atom. The van der Waals surface area contributed by atoms with E-state index in [1.54, 1.807) is 31.2 Å². The van der Waals surface area contributed by atoms with Gasteiger partial charge in [-0.1, -0.05) is 17.7 Å². The number of thiocarbonyl (C=S) groups is 1. The summed E-state index contributed by atoms with van der Waals surface area (Å²) in [7, 11) is 0. The third kappa shape index (κ3) is 6.39. The maximum absolute atomic E-state index is 13.7. The van der Waals surface area contributed by atoms with Gasteiger partial charge in [-0.25, -0.2) is 14.2 Å². The summed E-state index contributed by atoms with van der Waals surface area (Å²) >= 11 is 11.4. The normalized spacial score (nSPS) is 14.8. The van der Waals surface area contributed by atoms with E-state index in [2.05, 4.69) is 10.7 Å². The van der Waals surface area contributed by atoms with Crippen molar-refractivity contribution in [1.29, 1.82) is 0 Å². The van der Waals surface area contributed by atoms with Gasteiger partial charge in [-0.15, -0.1) is 0 Å². The highest BCUT2D eigenvalue weighted by Gasteiger charge is 2.45. The Hall–Kier alpha value is -4.35. The van der Waals surface area contributed by atoms with Gasteiger partial charge in [0.05, 0.1) is 24.3 Å². The fraction of sp³-hybridized carbons (Fsp3) is 0.148. The van der Waals surface area contributed by atoms with Crippen LogP contribution in [-0.2, 0) is 14.3 Å². The van der Waals surface area contributed by atoms with E-state index in [4.69, 9.17) is 28.6 Å². The average molecular weight is 569 g/mol. The second-order valence-electron chi connectivity index (χ2n) is 8.32. The molecular weight excluding hydrogens is 547 g/mol. The number of halogens is 2. The first kappa shape index (κ1) is 27.7. The zero-order chi connectivity index (χ0) is 28.1. The molecule has 0 aromatic heterocycles. The molecule has 3 aromatic rings. The van der Waals surface area contributed by atoms with Gasteiger partial charge in [-0.05, 0) is 85.9 Å². The number of carbonyl (C=O) groups excluding carboxylic acids is 4. The Labute approximate surface area is 233 Å². The number of benzene rings is 3. The van der Waals surface area contributed by atoms with Crippen molar-refractivity contribution in [2.24, 2.45) is 0 Å². The first-order chi connectivity index (χ1) is 18.7. The Morgan fingerprint density at radius 3 is 2.36 bits per heavy atom. The third-order valence-corrected chi connectivity index (χ3v) is 6.30. The first-order valence-electron chi connectivity index (χ1n) is 11.7. The SMILES string of the molecule is CCOC(=O)c1ccc(N2C(=O)[C@@H](CC(=O)Nc3ccc(Cl)cc3)N(NC(=O)c3cccc(F)c3)C2=S)cc1. The summed E-state index contributed by atoms with van der Waals surface area (Å²) in [6, 6.07) is 16.1. The lowest BCUT2D eigenvalue weighted by Gasteiger charge is -2.24. The fourth-order valence-electron chi connectivity index (χ4n) is 3.82. The summed E-state index contributed by atoms with van der Waals surface area (Å²) in [5.74, 6) is -2.99. The molecule has 0 aliphatic carbocycles. The van der Waals surface area contributed by atoms with Crippen molar-refractivity contribution in [3.63, 3.8) is 0 Å². The van der Waals surface area contributed by atoms with Crippen LogP contribution in [0.1, 0.15) is 34.1 Å². The molecule has 3 amide bonds. The predicted octanol–water partition coefficient (Wildman–Crippen LogP) is 4.33. The standard InChI is InChI=1S/C27H22ClFN4O5S/c1-2-38-26(37)16-6-12-21(13-7-16)32-25(36)22(15-23(34)30-20-10-8-18(28)9-11-20)33(27(32)39)31-24(35)17-4-3-5-19(29)14-17/h3-14,22H,2,15H2,1H3,(H,30,34)(H,31,35)/t22-/m1/s1. The molecule has 1 aliphatic heterocycles. The molecule has 39 heavy (non-hydrogen) atoms. The molecular formula is C27H22ClFN4O5S. The number of nitrogens with zero attached hydrogens (tertiary/aromatic N) is 2. The highest BCUT2D eigenvalue weighted by molar-refractivity contribution is 7.80. The van der Waals surface area contributed by atoms with Gasteiger partial charge < -0.3 is 10.1 Å². The molecule has 0 radical (unpaired) electrons. The summed E-state index contributed by atoms with van der Waals surface area (Å²) < 4.78 is 18.7. The fourth-order valence-corrected chi connectivity index (χ4v) is 4.32. The molecule has 0 bridgehead atoms. The Kier molecular flexibility index (Phi) is 8.52. The van der Waals surface area contributed by atoms with Crippen molar-refractivity contribution < 1.29 is 28.3 Å². The van der Waals surface area contributed by atoms with Crippen molar-refractivity contribution in [3.05, 3.63) is 94.8 Å². The number of hydrogen-bond acceptors (Lipinski definition) is 6. The largest absolute Gasteiger partial charge is 0.462 e. The van der Waals surface area contributed by atoms with Crippen molar-refractivity contribution in [3.8, 4) is 0 Å². The summed E-state index contributed by atoms with van der Waals surface area (Å²) in [6.45, 7) is 1.89. The van der Waals surface area contributed by atoms with E-state index in [0.717, 1.165) is 16.0 Å². The van der Waals surface area contributed by atoms with Gasteiger partial charge in [0.15, 0.2) is 0 Å². The number of hydrazine groups is 1. The number of anilines is 2. The first-order valence-corrected chi connectivity index (χ1v) is 12.5. The number of ether oxygens (including phenoxy) is 1. The number of carbonyl (C=O) groups is 4. The zero-order valence-corrected chi connectivity index (χ0v) is 22.1. The Balaban J connectivity index is 1.60. The molecule has 1 fully saturated rings. The van der Waals surface area contributed by atoms with Crippen LogP contribution in [0.4, 0.5) is 15.8 Å². The molecule has 12 heteroatoms. The van der Waals surface area contributed by atoms with Gasteiger partial charge in [-0.2, -0.15) is 0 Å². The average Bonchev–Trinajstić information content (AvgIpc) is 3.14. The van der Waals surface area contributed by atoms with Gasteiger partial charge in [0.25, 0.3) is 11.8 Å². The van der Waals surface area contributed by atoms with Gasteiger partial charge in [-0.3, -0.25) is 24.7 Å². The van der Waals surface area contributed by atoms with Crippen molar-refractivity contribution in [1.82, 2.24) is 10.4 Å². The lowest BCUT2D eigenvalue weighted by atomic mass is 10.1. The maximum atomic E-state index is 13.7. The maximum Gasteiger partial charge on any atom is 0.338 e. The van der Waals surface area contributed by atoms with Crippen LogP contribution in [0.25, 0.3) is 0 Å². The van der Waals surface area contributed by atoms with Crippen LogP contribution in [0.3, 0.4) is 0 Å². The minimum Gasteiger partial charge on any atom is -0.462 e. The van der Waals surface area contributed by atoms with Gasteiger partial charge in [0, 0.05) is 16.3 Å². The lowest BCUT2D eigenvalue weighted by molar-refractivity contribution is -0.124. The second kappa shape index (κ2) is 12.0. The van der Waals surface area contributed by atoms with Crippen LogP contribution in [0.2, 0.25) is 5.02 Å². The molecule has 9 nitrogen and oxygen atoms in total. The molecule has 2 N–H and O–H groups in total. The molecule has 200 valence electrons. The molecule has 0 spiro atoms. The summed E-state index contributed by atoms with van der Waals surface area (Å²) in [4.78, 5) is 52.5. The second-order valence-corrected chi connectivity index (χ2v) is 9.12. The van der Waals surface area contributed by atoms with Crippen LogP contribution in [0.5, 0.6) is 0 Å². The molecule has 0 saturated carbocycles. The Morgan fingerprint density at radius 2 is 1.72 bits per heavy atom. The van der Waals surface area contributed by atoms with Crippen LogP contribution < -0.4 is 15.6 Å². The summed E-state index contributed by atoms with van der Waals surface area (Å²) in [5, 5.41) is 4.16. The molecule has 1 aliphatic rings. The highest BCUT2D eigenvalue weighted by atomic mass is 35.5. The van der Waals surface area contributed by atoms with Gasteiger partial charge in [0.1, 0.15) is 11.9 Å². The summed E-state index contributed by atoms with van der Waals surface area (Å²) in [6.07, 6.45) is -0.373. The minimum absolute atomic E-state index is 0.00754. The smallest absolute Gasteiger partial charge is 0.338 e. The van der Waals surface area contributed by atoms with Gasteiger partial charge >= 0.3 is 5.97 Å². The van der Waals surface area contributed by atoms with Crippen LogP contribution in [0, 0.1) is 5.82 Å². The molecule has 0 unspecified atom stereocenters. The molecule has 3 aromatic carbocycles. The lowest BCUT2D eigenvalue weighted by Crippen LogP contribution is -2.49. The van der Waals surface area contributed by atoms with Crippen molar-refractivity contribution in [2.45, 2.75) is 19.4 Å². The zero-order valence-electron chi connectivity index (χ0n) is 20.5. The van der Waals surface area contributed by atoms with Crippen molar-refractivity contribution >= 4 is 64.0 Å². The topological polar surface area (TPSA) is 108 Å². The van der Waals surface area contributed by atoms with E-state index in [9.17, 15) is 23.6 Å². The van der Waals surface area contributed by atoms with E-state index < -0.39 is 35.5 Å². The molecule has 4 rings (SSSR count). The number of rotatable bonds is 8. The van der Waals surface area contributed by atoms with E-state index in [1.165, 1.54) is 42.5 Å². The van der Waals surface area contributed by atoms with Crippen LogP contribution >= 0.6 is 23.8 Å². The van der Waals surface area contributed by atoms with Crippen LogP contribution in [0.15, 0.2) is 72.8 Å². The van der Waals surface area contributed by atoms with E-state index in [1.807, 2.05) is 0 Å². The molecule has 1 saturated heterocycles. The highest BCUT2D eigenvalue weighted by Crippen LogP contribution is 2.27. The quantitative estimate of drug-likeness (QED) is 0.307. The predicted molar refractivity (Wildman–Crippen MR) is 147 cm³/mol. The van der Waals surface area contributed by atoms with Crippen molar-refractivity contribution in [2.75, 3.05) is 16.8 Å². The number of nitrogens with one attached hydrogen (secondary N) is 2. The van der Waals surface area contributed by atoms with E-state index in [0.29, 0.717) is 16.4 Å². The Bertz CT molecular complexity index is 1430. The molecule has 1 atom stereocenters. The number of esters is 1. The van der Waals surface area contributed by atoms with Crippen LogP contribution in [-0.4, -0.2) is 46.5 Å².